The van der Waals surface area contributed by atoms with Crippen molar-refractivity contribution in [1.29, 1.82) is 0 Å². The summed E-state index contributed by atoms with van der Waals surface area (Å²) in [6, 6.07) is 9.06. The van der Waals surface area contributed by atoms with Crippen LogP contribution in [0.25, 0.3) is 21.9 Å². The van der Waals surface area contributed by atoms with Crippen molar-refractivity contribution in [2.75, 3.05) is 18.4 Å². The highest BCUT2D eigenvalue weighted by molar-refractivity contribution is 7.89. The number of halogens is 2. The maximum Gasteiger partial charge on any atom is 0.280 e. The Morgan fingerprint density at radius 3 is 2.48 bits per heavy atom. The summed E-state index contributed by atoms with van der Waals surface area (Å²) >= 11 is 0. The monoisotopic (exact) mass is 472 g/mol. The van der Waals surface area contributed by atoms with Crippen molar-refractivity contribution in [3.8, 4) is 11.1 Å². The van der Waals surface area contributed by atoms with Crippen molar-refractivity contribution >= 4 is 26.5 Å². The average molecular weight is 473 g/mol. The third-order valence-electron chi connectivity index (χ3n) is 6.74. The van der Waals surface area contributed by atoms with Crippen LogP contribution in [0.2, 0.25) is 0 Å². The second-order valence-corrected chi connectivity index (χ2v) is 11.0. The summed E-state index contributed by atoms with van der Waals surface area (Å²) in [5.41, 5.74) is 2.09. The van der Waals surface area contributed by atoms with E-state index in [0.717, 1.165) is 41.3 Å². The van der Waals surface area contributed by atoms with Gasteiger partial charge in [-0.25, -0.2) is 21.5 Å². The Hall–Kier alpha value is -2.65. The Bertz CT molecular complexity index is 1260. The molecule has 1 aromatic carbocycles. The number of aromatic nitrogens is 2. The number of piperidine rings is 1. The van der Waals surface area contributed by atoms with Crippen LogP contribution in [-0.2, 0) is 10.0 Å². The van der Waals surface area contributed by atoms with Crippen LogP contribution in [0.5, 0.6) is 0 Å². The van der Waals surface area contributed by atoms with Crippen LogP contribution >= 0.6 is 0 Å². The summed E-state index contributed by atoms with van der Waals surface area (Å²) in [7, 11) is -3.18. The quantitative estimate of drug-likeness (QED) is 0.547. The number of benzene rings is 1. The molecule has 1 saturated carbocycles. The van der Waals surface area contributed by atoms with E-state index in [1.807, 2.05) is 18.2 Å². The van der Waals surface area contributed by atoms with Crippen LogP contribution < -0.4 is 5.32 Å². The molecule has 2 aliphatic rings. The number of pyridine rings is 2. The average Bonchev–Trinajstić information content (AvgIpc) is 2.78. The largest absolute Gasteiger partial charge is 0.382 e. The number of hydrogen-bond donors (Lipinski definition) is 1. The molecule has 33 heavy (non-hydrogen) atoms. The van der Waals surface area contributed by atoms with Gasteiger partial charge in [0.05, 0.1) is 5.25 Å². The topological polar surface area (TPSA) is 75.2 Å². The molecule has 3 heterocycles. The van der Waals surface area contributed by atoms with Crippen molar-refractivity contribution in [1.82, 2.24) is 14.3 Å². The maximum absolute atomic E-state index is 13.2. The van der Waals surface area contributed by atoms with E-state index in [1.54, 1.807) is 22.8 Å². The molecule has 5 rings (SSSR count). The van der Waals surface area contributed by atoms with Crippen molar-refractivity contribution in [3.05, 3.63) is 54.6 Å². The number of rotatable bonds is 6. The standard InChI is InChI=1S/C24H26F2N4O2S/c25-24(26)23-13-16(5-9-28-23)18-12-17-4-8-27-15-21(17)22(14-18)29-19-6-10-30(11-7-19)33(31,32)20-2-1-3-20/h4-5,8-9,12-15,19-20,24,29H,1-3,6-7,10-11H2. The van der Waals surface area contributed by atoms with Crippen LogP contribution in [0.4, 0.5) is 14.5 Å². The molecule has 0 radical (unpaired) electrons. The lowest BCUT2D eigenvalue weighted by Gasteiger charge is -2.37. The lowest BCUT2D eigenvalue weighted by atomic mass is 9.99. The molecule has 2 aromatic heterocycles. The normalized spacial score (nSPS) is 18.5. The van der Waals surface area contributed by atoms with E-state index in [9.17, 15) is 17.2 Å². The van der Waals surface area contributed by atoms with Crippen molar-refractivity contribution in [2.45, 2.75) is 49.8 Å². The van der Waals surface area contributed by atoms with Gasteiger partial charge < -0.3 is 5.32 Å². The first kappa shape index (κ1) is 22.2. The van der Waals surface area contributed by atoms with Crippen molar-refractivity contribution < 1.29 is 17.2 Å². The van der Waals surface area contributed by atoms with Gasteiger partial charge in [0.15, 0.2) is 0 Å². The van der Waals surface area contributed by atoms with Gasteiger partial charge in [-0.2, -0.15) is 0 Å². The first-order chi connectivity index (χ1) is 15.9. The van der Waals surface area contributed by atoms with E-state index in [-0.39, 0.29) is 17.0 Å². The van der Waals surface area contributed by atoms with Crippen LogP contribution in [-0.4, -0.2) is 47.1 Å². The van der Waals surface area contributed by atoms with Crippen molar-refractivity contribution in [2.24, 2.45) is 0 Å². The first-order valence-corrected chi connectivity index (χ1v) is 12.8. The predicted molar refractivity (Wildman–Crippen MR) is 125 cm³/mol. The molecule has 6 nitrogen and oxygen atoms in total. The van der Waals surface area contributed by atoms with Crippen LogP contribution in [0.15, 0.2) is 48.9 Å². The van der Waals surface area contributed by atoms with E-state index in [4.69, 9.17) is 0 Å². The highest BCUT2D eigenvalue weighted by Crippen LogP contribution is 2.34. The molecule has 0 bridgehead atoms. The molecule has 0 unspecified atom stereocenters. The maximum atomic E-state index is 13.2. The molecule has 1 N–H and O–H groups in total. The van der Waals surface area contributed by atoms with Gasteiger partial charge in [0.25, 0.3) is 6.43 Å². The second-order valence-electron chi connectivity index (χ2n) is 8.81. The van der Waals surface area contributed by atoms with Gasteiger partial charge in [-0.05, 0) is 72.5 Å². The number of fused-ring (bicyclic) bond motifs is 1. The summed E-state index contributed by atoms with van der Waals surface area (Å²) < 4.78 is 53.4. The predicted octanol–water partition coefficient (Wildman–Crippen LogP) is 4.99. The minimum Gasteiger partial charge on any atom is -0.382 e. The number of alkyl halides is 2. The van der Waals surface area contributed by atoms with Gasteiger partial charge in [-0.1, -0.05) is 6.42 Å². The van der Waals surface area contributed by atoms with Gasteiger partial charge in [0.2, 0.25) is 10.0 Å². The molecule has 0 amide bonds. The lowest BCUT2D eigenvalue weighted by molar-refractivity contribution is 0.146. The third kappa shape index (κ3) is 4.44. The number of nitrogens with one attached hydrogen (secondary N) is 1. The summed E-state index contributed by atoms with van der Waals surface area (Å²) in [5.74, 6) is 0. The fourth-order valence-electron chi connectivity index (χ4n) is 4.59. The minimum atomic E-state index is -3.18. The van der Waals surface area contributed by atoms with E-state index in [0.29, 0.717) is 31.5 Å². The molecule has 0 atom stereocenters. The van der Waals surface area contributed by atoms with Gasteiger partial charge in [0.1, 0.15) is 5.69 Å². The number of nitrogens with zero attached hydrogens (tertiary/aromatic N) is 3. The van der Waals surface area contributed by atoms with Gasteiger partial charge in [-0.15, -0.1) is 0 Å². The fraction of sp³-hybridized carbons (Fsp3) is 0.417. The zero-order valence-electron chi connectivity index (χ0n) is 18.1. The number of hydrogen-bond acceptors (Lipinski definition) is 5. The molecule has 1 saturated heterocycles. The molecule has 2 fully saturated rings. The second kappa shape index (κ2) is 8.95. The van der Waals surface area contributed by atoms with Gasteiger partial charge in [-0.3, -0.25) is 9.97 Å². The summed E-state index contributed by atoms with van der Waals surface area (Å²) in [6.07, 6.45) is 6.22. The van der Waals surface area contributed by atoms with Crippen LogP contribution in [0.3, 0.4) is 0 Å². The molecule has 0 spiro atoms. The third-order valence-corrected chi connectivity index (χ3v) is 9.14. The van der Waals surface area contributed by atoms with Crippen LogP contribution in [0.1, 0.15) is 44.2 Å². The highest BCUT2D eigenvalue weighted by atomic mass is 32.2. The van der Waals surface area contributed by atoms with E-state index in [2.05, 4.69) is 15.3 Å². The molecule has 1 aliphatic heterocycles. The Labute approximate surface area is 192 Å². The molecular formula is C24H26F2N4O2S. The van der Waals surface area contributed by atoms with E-state index < -0.39 is 16.4 Å². The molecule has 1 aliphatic carbocycles. The summed E-state index contributed by atoms with van der Waals surface area (Å²) in [6.45, 7) is 1.02. The smallest absolute Gasteiger partial charge is 0.280 e. The zero-order chi connectivity index (χ0) is 23.0. The van der Waals surface area contributed by atoms with Gasteiger partial charge in [0, 0.05) is 48.8 Å². The Morgan fingerprint density at radius 2 is 1.79 bits per heavy atom. The zero-order valence-corrected chi connectivity index (χ0v) is 18.9. The molecular weight excluding hydrogens is 446 g/mol. The minimum absolute atomic E-state index is 0.116. The Kier molecular flexibility index (Phi) is 6.01. The SMILES string of the molecule is O=S(=O)(C1CCC1)N1CCC(Nc2cc(-c3ccnc(C(F)F)c3)cc3ccncc23)CC1. The van der Waals surface area contributed by atoms with Gasteiger partial charge >= 0.3 is 0 Å². The highest BCUT2D eigenvalue weighted by Gasteiger charge is 2.37. The summed E-state index contributed by atoms with van der Waals surface area (Å²) in [5, 5.41) is 5.26. The first-order valence-electron chi connectivity index (χ1n) is 11.3. The molecule has 174 valence electrons. The fourth-order valence-corrected chi connectivity index (χ4v) is 6.66. The number of anilines is 1. The number of sulfonamides is 1. The van der Waals surface area contributed by atoms with E-state index >= 15 is 0 Å². The van der Waals surface area contributed by atoms with Crippen LogP contribution in [0, 0.1) is 0 Å². The molecule has 9 heteroatoms. The Morgan fingerprint density at radius 1 is 1.00 bits per heavy atom. The Balaban J connectivity index is 1.39. The lowest BCUT2D eigenvalue weighted by Crippen LogP contribution is -2.47. The van der Waals surface area contributed by atoms with Crippen molar-refractivity contribution in [3.63, 3.8) is 0 Å². The summed E-state index contributed by atoms with van der Waals surface area (Å²) in [4.78, 5) is 8.01. The molecule has 3 aromatic rings. The van der Waals surface area contributed by atoms with E-state index in [1.165, 1.54) is 12.3 Å².